The van der Waals surface area contributed by atoms with Gasteiger partial charge in [-0.3, -0.25) is 4.90 Å². The molecule has 16 heavy (non-hydrogen) atoms. The number of H-pyrrole nitrogens is 1. The fraction of sp³-hybridized carbons (Fsp3) is 0.417. The lowest BCUT2D eigenvalue weighted by Crippen LogP contribution is -2.18. The van der Waals surface area contributed by atoms with Crippen molar-refractivity contribution in [3.63, 3.8) is 0 Å². The van der Waals surface area contributed by atoms with Crippen LogP contribution in [0.3, 0.4) is 0 Å². The molecule has 0 radical (unpaired) electrons. The first-order valence-corrected chi connectivity index (χ1v) is 6.05. The van der Waals surface area contributed by atoms with Crippen molar-refractivity contribution in [2.24, 2.45) is 0 Å². The lowest BCUT2D eigenvalue weighted by Gasteiger charge is -2.15. The minimum absolute atomic E-state index is 0.573. The van der Waals surface area contributed by atoms with Gasteiger partial charge in [0.1, 0.15) is 10.8 Å². The summed E-state index contributed by atoms with van der Waals surface area (Å²) in [5, 5.41) is 1.76. The molecule has 1 fully saturated rings. The number of aromatic amines is 1. The van der Waals surface area contributed by atoms with Gasteiger partial charge in [0, 0.05) is 18.1 Å². The number of aromatic nitrogens is 2. The number of halogens is 1. The number of nitrogens with zero attached hydrogens (tertiary/aromatic N) is 2. The molecule has 3 rings (SSSR count). The average molecular weight is 236 g/mol. The van der Waals surface area contributed by atoms with E-state index in [0.717, 1.165) is 12.2 Å². The topological polar surface area (TPSA) is 31.9 Å². The zero-order valence-electron chi connectivity index (χ0n) is 9.04. The maximum absolute atomic E-state index is 6.02. The molecular formula is C12H14ClN3. The minimum atomic E-state index is 0.573. The third-order valence-electron chi connectivity index (χ3n) is 3.18. The van der Waals surface area contributed by atoms with Gasteiger partial charge in [0.15, 0.2) is 0 Å². The normalized spacial score (nSPS) is 17.3. The molecule has 0 aromatic carbocycles. The number of hydrogen-bond acceptors (Lipinski definition) is 2. The van der Waals surface area contributed by atoms with Crippen LogP contribution >= 0.6 is 11.6 Å². The molecular weight excluding hydrogens is 222 g/mol. The summed E-state index contributed by atoms with van der Waals surface area (Å²) in [6.45, 7) is 3.38. The van der Waals surface area contributed by atoms with E-state index < -0.39 is 0 Å². The summed E-state index contributed by atoms with van der Waals surface area (Å²) in [7, 11) is 0. The standard InChI is InChI=1S/C12H14ClN3/c13-11-7-9(8-16-5-1-2-6-16)10-3-4-14-12(10)15-11/h3-4,7H,1-2,5-6,8H2,(H,14,15). The maximum atomic E-state index is 6.02. The molecule has 3 nitrogen and oxygen atoms in total. The van der Waals surface area contributed by atoms with E-state index in [9.17, 15) is 0 Å². The smallest absolute Gasteiger partial charge is 0.139 e. The van der Waals surface area contributed by atoms with Crippen molar-refractivity contribution in [3.05, 3.63) is 29.0 Å². The summed E-state index contributed by atoms with van der Waals surface area (Å²) in [5.41, 5.74) is 2.17. The molecule has 84 valence electrons. The van der Waals surface area contributed by atoms with E-state index in [-0.39, 0.29) is 0 Å². The largest absolute Gasteiger partial charge is 0.346 e. The number of hydrogen-bond donors (Lipinski definition) is 1. The van der Waals surface area contributed by atoms with Crippen LogP contribution in [-0.2, 0) is 6.54 Å². The van der Waals surface area contributed by atoms with Gasteiger partial charge in [0.25, 0.3) is 0 Å². The Kier molecular flexibility index (Phi) is 2.58. The van der Waals surface area contributed by atoms with Gasteiger partial charge < -0.3 is 4.98 Å². The van der Waals surface area contributed by atoms with E-state index in [1.807, 2.05) is 12.3 Å². The quantitative estimate of drug-likeness (QED) is 0.812. The summed E-state index contributed by atoms with van der Waals surface area (Å²) in [4.78, 5) is 9.84. The number of pyridine rings is 1. The van der Waals surface area contributed by atoms with Gasteiger partial charge in [0.2, 0.25) is 0 Å². The van der Waals surface area contributed by atoms with E-state index in [4.69, 9.17) is 11.6 Å². The Bertz CT molecular complexity index is 500. The van der Waals surface area contributed by atoms with E-state index >= 15 is 0 Å². The van der Waals surface area contributed by atoms with Crippen molar-refractivity contribution in [2.45, 2.75) is 19.4 Å². The highest BCUT2D eigenvalue weighted by molar-refractivity contribution is 6.29. The molecule has 0 amide bonds. The second kappa shape index (κ2) is 4.07. The fourth-order valence-electron chi connectivity index (χ4n) is 2.39. The fourth-order valence-corrected chi connectivity index (χ4v) is 2.60. The Labute approximate surface area is 99.4 Å². The second-order valence-corrected chi connectivity index (χ2v) is 4.71. The van der Waals surface area contributed by atoms with Crippen molar-refractivity contribution in [3.8, 4) is 0 Å². The number of likely N-dealkylation sites (tertiary alicyclic amines) is 1. The van der Waals surface area contributed by atoms with Crippen molar-refractivity contribution in [2.75, 3.05) is 13.1 Å². The van der Waals surface area contributed by atoms with Crippen LogP contribution in [0.1, 0.15) is 18.4 Å². The maximum Gasteiger partial charge on any atom is 0.139 e. The molecule has 2 aromatic heterocycles. The van der Waals surface area contributed by atoms with E-state index in [1.165, 1.54) is 36.9 Å². The van der Waals surface area contributed by atoms with Crippen molar-refractivity contribution in [1.29, 1.82) is 0 Å². The van der Waals surface area contributed by atoms with Gasteiger partial charge in [-0.05, 0) is 43.6 Å². The first-order valence-electron chi connectivity index (χ1n) is 5.68. The molecule has 0 atom stereocenters. The summed E-state index contributed by atoms with van der Waals surface area (Å²) in [6.07, 6.45) is 4.55. The summed E-state index contributed by atoms with van der Waals surface area (Å²) < 4.78 is 0. The van der Waals surface area contributed by atoms with Gasteiger partial charge in [-0.1, -0.05) is 11.6 Å². The molecule has 1 aliphatic heterocycles. The zero-order valence-corrected chi connectivity index (χ0v) is 9.80. The lowest BCUT2D eigenvalue weighted by atomic mass is 10.2. The highest BCUT2D eigenvalue weighted by atomic mass is 35.5. The summed E-state index contributed by atoms with van der Waals surface area (Å²) in [6, 6.07) is 4.06. The molecule has 4 heteroatoms. The molecule has 3 heterocycles. The van der Waals surface area contributed by atoms with Gasteiger partial charge in [-0.15, -0.1) is 0 Å². The van der Waals surface area contributed by atoms with Crippen LogP contribution in [0.15, 0.2) is 18.3 Å². The zero-order chi connectivity index (χ0) is 11.0. The van der Waals surface area contributed by atoms with Crippen molar-refractivity contribution < 1.29 is 0 Å². The van der Waals surface area contributed by atoms with Crippen molar-refractivity contribution in [1.82, 2.24) is 14.9 Å². The Morgan fingerprint density at radius 3 is 3.00 bits per heavy atom. The molecule has 0 saturated carbocycles. The molecule has 1 N–H and O–H groups in total. The van der Waals surface area contributed by atoms with Gasteiger partial charge in [-0.25, -0.2) is 4.98 Å². The van der Waals surface area contributed by atoms with Crippen LogP contribution < -0.4 is 0 Å². The van der Waals surface area contributed by atoms with E-state index in [0.29, 0.717) is 5.15 Å². The van der Waals surface area contributed by atoms with Gasteiger partial charge in [0.05, 0.1) is 0 Å². The number of rotatable bonds is 2. The van der Waals surface area contributed by atoms with Crippen LogP contribution in [0, 0.1) is 0 Å². The van der Waals surface area contributed by atoms with E-state index in [1.54, 1.807) is 0 Å². The SMILES string of the molecule is Clc1cc(CN2CCCC2)c2cc[nH]c2n1. The monoisotopic (exact) mass is 235 g/mol. The lowest BCUT2D eigenvalue weighted by molar-refractivity contribution is 0.332. The third kappa shape index (κ3) is 1.81. The Balaban J connectivity index is 1.97. The third-order valence-corrected chi connectivity index (χ3v) is 3.37. The van der Waals surface area contributed by atoms with Gasteiger partial charge >= 0.3 is 0 Å². The van der Waals surface area contributed by atoms with Crippen LogP contribution in [0.5, 0.6) is 0 Å². The Hall–Kier alpha value is -1.06. The van der Waals surface area contributed by atoms with Crippen molar-refractivity contribution >= 4 is 22.6 Å². The van der Waals surface area contributed by atoms with Gasteiger partial charge in [-0.2, -0.15) is 0 Å². The predicted molar refractivity (Wildman–Crippen MR) is 65.6 cm³/mol. The Morgan fingerprint density at radius 2 is 2.19 bits per heavy atom. The molecule has 1 aliphatic rings. The molecule has 1 saturated heterocycles. The molecule has 0 bridgehead atoms. The predicted octanol–water partition coefficient (Wildman–Crippen LogP) is 2.81. The summed E-state index contributed by atoms with van der Waals surface area (Å²) in [5.74, 6) is 0. The first kappa shape index (κ1) is 10.1. The van der Waals surface area contributed by atoms with Crippen LogP contribution in [0.25, 0.3) is 11.0 Å². The molecule has 0 aliphatic carbocycles. The second-order valence-electron chi connectivity index (χ2n) is 4.33. The minimum Gasteiger partial charge on any atom is -0.346 e. The number of fused-ring (bicyclic) bond motifs is 1. The molecule has 0 spiro atoms. The highest BCUT2D eigenvalue weighted by Gasteiger charge is 2.14. The molecule has 2 aromatic rings. The first-order chi connectivity index (χ1) is 7.83. The van der Waals surface area contributed by atoms with Crippen LogP contribution in [0.4, 0.5) is 0 Å². The number of nitrogens with one attached hydrogen (secondary N) is 1. The summed E-state index contributed by atoms with van der Waals surface area (Å²) >= 11 is 6.02. The average Bonchev–Trinajstić information content (AvgIpc) is 2.87. The highest BCUT2D eigenvalue weighted by Crippen LogP contribution is 2.22. The van der Waals surface area contributed by atoms with E-state index in [2.05, 4.69) is 20.9 Å². The van der Waals surface area contributed by atoms with Crippen LogP contribution in [0.2, 0.25) is 5.15 Å². The van der Waals surface area contributed by atoms with Crippen LogP contribution in [-0.4, -0.2) is 28.0 Å². The Morgan fingerprint density at radius 1 is 1.38 bits per heavy atom. The molecule has 0 unspecified atom stereocenters.